The first-order chi connectivity index (χ1) is 9.27. The van der Waals surface area contributed by atoms with Crippen molar-refractivity contribution in [1.29, 1.82) is 0 Å². The average molecular weight is 284 g/mol. The number of nitrogens with one attached hydrogen (secondary N) is 1. The van der Waals surface area contributed by atoms with E-state index in [1.54, 1.807) is 0 Å². The molecule has 3 heteroatoms. The van der Waals surface area contributed by atoms with Crippen molar-refractivity contribution in [3.63, 3.8) is 0 Å². The third-order valence-corrected chi connectivity index (χ3v) is 5.26. The van der Waals surface area contributed by atoms with Gasteiger partial charge in [-0.15, -0.1) is 0 Å². The zero-order chi connectivity index (χ0) is 14.9. The van der Waals surface area contributed by atoms with Gasteiger partial charge in [-0.1, -0.05) is 43.4 Å². The van der Waals surface area contributed by atoms with Crippen molar-refractivity contribution in [2.45, 2.75) is 40.4 Å². The molecular formula is C17H24N2Si. The predicted octanol–water partition coefficient (Wildman–Crippen LogP) is 4.30. The van der Waals surface area contributed by atoms with E-state index in [4.69, 9.17) is 4.98 Å². The smallest absolute Gasteiger partial charge is 0.130 e. The molecule has 0 aliphatic carbocycles. The van der Waals surface area contributed by atoms with Gasteiger partial charge >= 0.3 is 0 Å². The van der Waals surface area contributed by atoms with E-state index in [0.29, 0.717) is 0 Å². The zero-order valence-corrected chi connectivity index (χ0v) is 14.3. The molecule has 0 aliphatic rings. The topological polar surface area (TPSA) is 24.9 Å². The molecule has 106 valence electrons. The predicted molar refractivity (Wildman–Crippen MR) is 91.2 cm³/mol. The first kappa shape index (κ1) is 14.8. The molecule has 0 saturated heterocycles. The van der Waals surface area contributed by atoms with Crippen LogP contribution < -0.4 is 10.6 Å². The van der Waals surface area contributed by atoms with Crippen molar-refractivity contribution in [3.8, 4) is 0 Å². The Morgan fingerprint density at radius 2 is 1.55 bits per heavy atom. The van der Waals surface area contributed by atoms with Gasteiger partial charge in [-0.2, -0.15) is 0 Å². The maximum absolute atomic E-state index is 4.79. The minimum atomic E-state index is -1.37. The summed E-state index contributed by atoms with van der Waals surface area (Å²) < 4.78 is 0. The summed E-state index contributed by atoms with van der Waals surface area (Å²) in [6.07, 6.45) is 0. The number of nitrogens with zero attached hydrogens (tertiary/aromatic N) is 1. The van der Waals surface area contributed by atoms with Gasteiger partial charge in [0.05, 0.1) is 0 Å². The number of hydrogen-bond donors (Lipinski definition) is 1. The summed E-state index contributed by atoms with van der Waals surface area (Å²) in [5, 5.41) is 4.73. The number of anilines is 2. The first-order valence-electron chi connectivity index (χ1n) is 7.10. The van der Waals surface area contributed by atoms with Gasteiger partial charge in [0.25, 0.3) is 0 Å². The summed E-state index contributed by atoms with van der Waals surface area (Å²) >= 11 is 0. The Balaban J connectivity index is 2.36. The SMILES string of the molecule is Cc1cc(C)c(Nc2cccc([Si](C)(C)C)n2)c(C)c1. The second kappa shape index (κ2) is 5.41. The first-order valence-corrected chi connectivity index (χ1v) is 10.6. The molecule has 0 bridgehead atoms. The van der Waals surface area contributed by atoms with Gasteiger partial charge < -0.3 is 5.32 Å². The van der Waals surface area contributed by atoms with Gasteiger partial charge in [-0.25, -0.2) is 4.98 Å². The van der Waals surface area contributed by atoms with Crippen molar-refractivity contribution < 1.29 is 0 Å². The molecule has 2 aromatic rings. The summed E-state index contributed by atoms with van der Waals surface area (Å²) in [6.45, 7) is 13.4. The quantitative estimate of drug-likeness (QED) is 0.850. The second-order valence-electron chi connectivity index (χ2n) is 6.56. The molecule has 0 saturated carbocycles. The van der Waals surface area contributed by atoms with Gasteiger partial charge in [0.15, 0.2) is 0 Å². The Bertz CT molecular complexity index is 604. The number of hydrogen-bond acceptors (Lipinski definition) is 2. The highest BCUT2D eigenvalue weighted by atomic mass is 28.3. The normalized spacial score (nSPS) is 11.5. The fourth-order valence-corrected chi connectivity index (χ4v) is 3.48. The van der Waals surface area contributed by atoms with E-state index in [1.807, 2.05) is 6.07 Å². The summed E-state index contributed by atoms with van der Waals surface area (Å²) in [4.78, 5) is 4.79. The minimum absolute atomic E-state index is 0.944. The molecule has 1 aromatic heterocycles. The van der Waals surface area contributed by atoms with Crippen molar-refractivity contribution in [2.24, 2.45) is 0 Å². The maximum Gasteiger partial charge on any atom is 0.130 e. The number of benzene rings is 1. The Hall–Kier alpha value is -1.61. The zero-order valence-electron chi connectivity index (χ0n) is 13.3. The molecule has 20 heavy (non-hydrogen) atoms. The Kier molecular flexibility index (Phi) is 4.00. The molecule has 1 heterocycles. The number of pyridine rings is 1. The second-order valence-corrected chi connectivity index (χ2v) is 11.6. The van der Waals surface area contributed by atoms with Crippen LogP contribution in [0, 0.1) is 20.8 Å². The molecule has 2 rings (SSSR count). The van der Waals surface area contributed by atoms with Crippen LogP contribution in [0.5, 0.6) is 0 Å². The van der Waals surface area contributed by atoms with Gasteiger partial charge in [0, 0.05) is 11.0 Å². The summed E-state index contributed by atoms with van der Waals surface area (Å²) in [6, 6.07) is 10.7. The van der Waals surface area contributed by atoms with Crippen molar-refractivity contribution in [2.75, 3.05) is 5.32 Å². The molecule has 0 unspecified atom stereocenters. The largest absolute Gasteiger partial charge is 0.340 e. The minimum Gasteiger partial charge on any atom is -0.340 e. The summed E-state index contributed by atoms with van der Waals surface area (Å²) in [5.41, 5.74) is 5.01. The van der Waals surface area contributed by atoms with E-state index >= 15 is 0 Å². The molecule has 0 fully saturated rings. The highest BCUT2D eigenvalue weighted by molar-refractivity contribution is 6.88. The van der Waals surface area contributed by atoms with Crippen LogP contribution >= 0.6 is 0 Å². The molecule has 1 aromatic carbocycles. The monoisotopic (exact) mass is 284 g/mol. The van der Waals surface area contributed by atoms with Crippen molar-refractivity contribution in [3.05, 3.63) is 47.0 Å². The molecule has 0 aliphatic heterocycles. The van der Waals surface area contributed by atoms with Crippen LogP contribution in [0.1, 0.15) is 16.7 Å². The molecule has 1 N–H and O–H groups in total. The third kappa shape index (κ3) is 3.28. The van der Waals surface area contributed by atoms with Crippen LogP contribution in [-0.4, -0.2) is 13.1 Å². The fourth-order valence-electron chi connectivity index (χ4n) is 2.43. The standard InChI is InChI=1S/C17H24N2Si/c1-12-10-13(2)17(14(3)11-12)19-15-8-7-9-16(18-15)20(4,5)6/h7-11H,1-6H3,(H,18,19). The highest BCUT2D eigenvalue weighted by Gasteiger charge is 2.18. The Morgan fingerprint density at radius 1 is 0.950 bits per heavy atom. The molecule has 0 amide bonds. The lowest BCUT2D eigenvalue weighted by molar-refractivity contribution is 1.27. The lowest BCUT2D eigenvalue weighted by Crippen LogP contribution is -2.40. The average Bonchev–Trinajstić information content (AvgIpc) is 2.33. The van der Waals surface area contributed by atoms with Crippen LogP contribution in [0.2, 0.25) is 19.6 Å². The molecule has 0 radical (unpaired) electrons. The summed E-state index contributed by atoms with van der Waals surface area (Å²) in [5.74, 6) is 0.944. The Morgan fingerprint density at radius 3 is 2.10 bits per heavy atom. The molecule has 0 spiro atoms. The molecule has 0 atom stereocenters. The van der Waals surface area contributed by atoms with E-state index in [-0.39, 0.29) is 0 Å². The molecular weight excluding hydrogens is 260 g/mol. The van der Waals surface area contributed by atoms with Crippen LogP contribution in [0.25, 0.3) is 0 Å². The number of rotatable bonds is 3. The molecule has 2 nitrogen and oxygen atoms in total. The van der Waals surface area contributed by atoms with Gasteiger partial charge in [0.1, 0.15) is 13.9 Å². The van der Waals surface area contributed by atoms with Crippen LogP contribution in [-0.2, 0) is 0 Å². The highest BCUT2D eigenvalue weighted by Crippen LogP contribution is 2.24. The van der Waals surface area contributed by atoms with E-state index in [0.717, 1.165) is 5.82 Å². The van der Waals surface area contributed by atoms with Crippen molar-refractivity contribution in [1.82, 2.24) is 4.98 Å². The van der Waals surface area contributed by atoms with E-state index in [1.165, 1.54) is 27.7 Å². The van der Waals surface area contributed by atoms with Crippen LogP contribution in [0.15, 0.2) is 30.3 Å². The van der Waals surface area contributed by atoms with Crippen molar-refractivity contribution >= 4 is 24.9 Å². The lowest BCUT2D eigenvalue weighted by Gasteiger charge is -2.18. The lowest BCUT2D eigenvalue weighted by atomic mass is 10.1. The van der Waals surface area contributed by atoms with Crippen LogP contribution in [0.4, 0.5) is 11.5 Å². The van der Waals surface area contributed by atoms with E-state index in [9.17, 15) is 0 Å². The third-order valence-electron chi connectivity index (χ3n) is 3.45. The van der Waals surface area contributed by atoms with Gasteiger partial charge in [-0.05, 0) is 44.0 Å². The van der Waals surface area contributed by atoms with Gasteiger partial charge in [-0.3, -0.25) is 0 Å². The van der Waals surface area contributed by atoms with Gasteiger partial charge in [0.2, 0.25) is 0 Å². The fraction of sp³-hybridized carbons (Fsp3) is 0.353. The van der Waals surface area contributed by atoms with E-state index in [2.05, 4.69) is 70.0 Å². The van der Waals surface area contributed by atoms with Crippen LogP contribution in [0.3, 0.4) is 0 Å². The summed E-state index contributed by atoms with van der Waals surface area (Å²) in [7, 11) is -1.37. The van der Waals surface area contributed by atoms with E-state index < -0.39 is 8.07 Å². The maximum atomic E-state index is 4.79. The Labute approximate surface area is 123 Å². The number of aromatic nitrogens is 1. The number of aryl methyl sites for hydroxylation is 3.